The topological polar surface area (TPSA) is 68.1 Å². The summed E-state index contributed by atoms with van der Waals surface area (Å²) in [6.45, 7) is 3.16. The number of hydrogen-bond donors (Lipinski definition) is 0. The summed E-state index contributed by atoms with van der Waals surface area (Å²) in [6, 6.07) is 8.30. The minimum absolute atomic E-state index is 0.0135. The molecule has 4 rings (SSSR count). The van der Waals surface area contributed by atoms with Gasteiger partial charge in [-0.05, 0) is 18.2 Å². The smallest absolute Gasteiger partial charge is 0.416 e. The fourth-order valence-electron chi connectivity index (χ4n) is 3.79. The number of non-ortho nitro benzene ring substituents is 1. The molecule has 0 bridgehead atoms. The first-order chi connectivity index (χ1) is 14.3. The maximum atomic E-state index is 13.0. The Balaban J connectivity index is 1.46. The molecule has 0 amide bonds. The number of halogens is 3. The van der Waals surface area contributed by atoms with E-state index in [9.17, 15) is 23.3 Å². The van der Waals surface area contributed by atoms with E-state index in [1.807, 2.05) is 4.90 Å². The van der Waals surface area contributed by atoms with Crippen molar-refractivity contribution in [1.29, 1.82) is 0 Å². The van der Waals surface area contributed by atoms with E-state index in [0.29, 0.717) is 49.7 Å². The number of anilines is 1. The molecule has 0 atom stereocenters. The molecule has 10 heteroatoms. The standard InChI is InChI=1S/C20H20F3N3O4/c21-20(22,23)16-2-1-3-17(10-16)25-6-4-24(5-7-25)11-14-8-18(26(27)28)9-15-12-29-13-30-19(14)15/h1-3,8-10H,4-7,11-13H2. The van der Waals surface area contributed by atoms with Gasteiger partial charge in [0.25, 0.3) is 5.69 Å². The number of piperazine rings is 1. The Morgan fingerprint density at radius 3 is 2.57 bits per heavy atom. The van der Waals surface area contributed by atoms with E-state index >= 15 is 0 Å². The predicted molar refractivity (Wildman–Crippen MR) is 102 cm³/mol. The number of benzene rings is 2. The molecule has 0 unspecified atom stereocenters. The Labute approximate surface area is 170 Å². The molecule has 1 saturated heterocycles. The van der Waals surface area contributed by atoms with Gasteiger partial charge in [-0.3, -0.25) is 15.0 Å². The third kappa shape index (κ3) is 4.34. The highest BCUT2D eigenvalue weighted by Gasteiger charge is 2.31. The van der Waals surface area contributed by atoms with Crippen molar-refractivity contribution in [3.63, 3.8) is 0 Å². The van der Waals surface area contributed by atoms with Gasteiger partial charge in [-0.15, -0.1) is 0 Å². The monoisotopic (exact) mass is 423 g/mol. The van der Waals surface area contributed by atoms with Crippen molar-refractivity contribution in [3.05, 3.63) is 63.2 Å². The zero-order valence-electron chi connectivity index (χ0n) is 16.0. The summed E-state index contributed by atoms with van der Waals surface area (Å²) in [4.78, 5) is 14.8. The van der Waals surface area contributed by atoms with E-state index in [1.54, 1.807) is 6.07 Å². The minimum Gasteiger partial charge on any atom is -0.467 e. The lowest BCUT2D eigenvalue weighted by molar-refractivity contribution is -0.385. The molecule has 0 N–H and O–H groups in total. The van der Waals surface area contributed by atoms with Crippen molar-refractivity contribution in [1.82, 2.24) is 4.90 Å². The van der Waals surface area contributed by atoms with Crippen molar-refractivity contribution >= 4 is 11.4 Å². The first-order valence-electron chi connectivity index (χ1n) is 9.46. The Morgan fingerprint density at radius 2 is 1.87 bits per heavy atom. The number of alkyl halides is 3. The zero-order chi connectivity index (χ0) is 21.3. The molecule has 160 valence electrons. The van der Waals surface area contributed by atoms with Gasteiger partial charge >= 0.3 is 6.18 Å². The second-order valence-corrected chi connectivity index (χ2v) is 7.27. The summed E-state index contributed by atoms with van der Waals surface area (Å²) in [7, 11) is 0. The van der Waals surface area contributed by atoms with Gasteiger partial charge in [-0.2, -0.15) is 13.2 Å². The van der Waals surface area contributed by atoms with E-state index < -0.39 is 16.7 Å². The molecule has 7 nitrogen and oxygen atoms in total. The largest absolute Gasteiger partial charge is 0.467 e. The van der Waals surface area contributed by atoms with Gasteiger partial charge in [0.2, 0.25) is 0 Å². The van der Waals surface area contributed by atoms with E-state index in [2.05, 4.69) is 4.90 Å². The van der Waals surface area contributed by atoms with Crippen molar-refractivity contribution in [2.75, 3.05) is 37.9 Å². The molecular weight excluding hydrogens is 403 g/mol. The summed E-state index contributed by atoms with van der Waals surface area (Å²) in [6.07, 6.45) is -4.37. The van der Waals surface area contributed by atoms with Gasteiger partial charge in [0.05, 0.1) is 17.1 Å². The van der Waals surface area contributed by atoms with Crippen LogP contribution >= 0.6 is 0 Å². The van der Waals surface area contributed by atoms with E-state index in [4.69, 9.17) is 9.47 Å². The molecule has 2 aliphatic rings. The fourth-order valence-corrected chi connectivity index (χ4v) is 3.79. The van der Waals surface area contributed by atoms with Gasteiger partial charge in [0.15, 0.2) is 6.79 Å². The van der Waals surface area contributed by atoms with Gasteiger partial charge in [0, 0.05) is 61.7 Å². The molecule has 1 fully saturated rings. The number of hydrogen-bond acceptors (Lipinski definition) is 6. The Kier molecular flexibility index (Phi) is 5.52. The summed E-state index contributed by atoms with van der Waals surface area (Å²) >= 11 is 0. The lowest BCUT2D eigenvalue weighted by Gasteiger charge is -2.36. The second kappa shape index (κ2) is 8.11. The molecule has 2 aromatic rings. The van der Waals surface area contributed by atoms with Crippen molar-refractivity contribution < 1.29 is 27.6 Å². The number of nitro benzene ring substituents is 1. The molecule has 0 aliphatic carbocycles. The van der Waals surface area contributed by atoms with Crippen molar-refractivity contribution in [2.45, 2.75) is 19.3 Å². The Bertz CT molecular complexity index is 943. The Morgan fingerprint density at radius 1 is 1.10 bits per heavy atom. The van der Waals surface area contributed by atoms with Gasteiger partial charge in [-0.25, -0.2) is 0 Å². The van der Waals surface area contributed by atoms with Crippen LogP contribution in [0.3, 0.4) is 0 Å². The summed E-state index contributed by atoms with van der Waals surface area (Å²) in [5.74, 6) is 0.618. The third-order valence-electron chi connectivity index (χ3n) is 5.29. The van der Waals surface area contributed by atoms with Crippen LogP contribution < -0.4 is 9.64 Å². The van der Waals surface area contributed by atoms with Crippen LogP contribution in [0, 0.1) is 10.1 Å². The SMILES string of the molecule is O=[N+]([O-])c1cc2c(c(CN3CCN(c4cccc(C(F)(F)F)c4)CC3)c1)OCOC2. The van der Waals surface area contributed by atoms with Gasteiger partial charge in [0.1, 0.15) is 5.75 Å². The highest BCUT2D eigenvalue weighted by Crippen LogP contribution is 2.34. The molecule has 2 heterocycles. The molecule has 0 saturated carbocycles. The van der Waals surface area contributed by atoms with Gasteiger partial charge < -0.3 is 14.4 Å². The molecule has 2 aliphatic heterocycles. The molecule has 0 aromatic heterocycles. The van der Waals surface area contributed by atoms with E-state index in [0.717, 1.165) is 11.6 Å². The summed E-state index contributed by atoms with van der Waals surface area (Å²) in [5.41, 5.74) is 1.23. The maximum Gasteiger partial charge on any atom is 0.416 e. The van der Waals surface area contributed by atoms with Crippen LogP contribution in [-0.4, -0.2) is 42.8 Å². The highest BCUT2D eigenvalue weighted by molar-refractivity contribution is 5.51. The van der Waals surface area contributed by atoms with Crippen molar-refractivity contribution in [3.8, 4) is 5.75 Å². The molecular formula is C20H20F3N3O4. The van der Waals surface area contributed by atoms with Crippen LogP contribution in [-0.2, 0) is 24.1 Å². The number of ether oxygens (including phenoxy) is 2. The van der Waals surface area contributed by atoms with Crippen LogP contribution in [0.4, 0.5) is 24.5 Å². The van der Waals surface area contributed by atoms with Crippen LogP contribution in [0.2, 0.25) is 0 Å². The minimum atomic E-state index is -4.37. The van der Waals surface area contributed by atoms with Crippen LogP contribution in [0.15, 0.2) is 36.4 Å². The van der Waals surface area contributed by atoms with Crippen LogP contribution in [0.5, 0.6) is 5.75 Å². The first kappa shape index (κ1) is 20.4. The van der Waals surface area contributed by atoms with Crippen LogP contribution in [0.1, 0.15) is 16.7 Å². The average Bonchev–Trinajstić information content (AvgIpc) is 2.73. The van der Waals surface area contributed by atoms with Crippen molar-refractivity contribution in [2.24, 2.45) is 0 Å². The van der Waals surface area contributed by atoms with E-state index in [-0.39, 0.29) is 19.1 Å². The van der Waals surface area contributed by atoms with Gasteiger partial charge in [-0.1, -0.05) is 6.07 Å². The quantitative estimate of drug-likeness (QED) is 0.551. The molecule has 30 heavy (non-hydrogen) atoms. The molecule has 0 radical (unpaired) electrons. The molecule has 0 spiro atoms. The first-order valence-corrected chi connectivity index (χ1v) is 9.46. The molecule has 2 aromatic carbocycles. The van der Waals surface area contributed by atoms with E-state index in [1.165, 1.54) is 24.3 Å². The average molecular weight is 423 g/mol. The second-order valence-electron chi connectivity index (χ2n) is 7.27. The maximum absolute atomic E-state index is 13.0. The fraction of sp³-hybridized carbons (Fsp3) is 0.400. The number of nitro groups is 1. The Hall–Kier alpha value is -2.85. The summed E-state index contributed by atoms with van der Waals surface area (Å²) in [5, 5.41) is 11.3. The number of nitrogens with zero attached hydrogens (tertiary/aromatic N) is 3. The summed E-state index contributed by atoms with van der Waals surface area (Å²) < 4.78 is 49.7. The highest BCUT2D eigenvalue weighted by atomic mass is 19.4. The van der Waals surface area contributed by atoms with Crippen LogP contribution in [0.25, 0.3) is 0 Å². The number of rotatable bonds is 4. The lowest BCUT2D eigenvalue weighted by Crippen LogP contribution is -2.46. The normalized spacial score (nSPS) is 17.4. The number of fused-ring (bicyclic) bond motifs is 1. The predicted octanol–water partition coefficient (Wildman–Crippen LogP) is 3.80. The third-order valence-corrected chi connectivity index (χ3v) is 5.29. The zero-order valence-corrected chi connectivity index (χ0v) is 16.0. The lowest BCUT2D eigenvalue weighted by atomic mass is 10.1.